The third-order valence-electron chi connectivity index (χ3n) is 2.79. The summed E-state index contributed by atoms with van der Waals surface area (Å²) in [5.41, 5.74) is 0.325. The summed E-state index contributed by atoms with van der Waals surface area (Å²) in [6.07, 6.45) is 1.37. The Hall–Kier alpha value is -0.880. The number of pyridine rings is 1. The highest BCUT2D eigenvalue weighted by Gasteiger charge is 2.23. The van der Waals surface area contributed by atoms with Crippen molar-refractivity contribution < 1.29 is 14.3 Å². The van der Waals surface area contributed by atoms with Gasteiger partial charge >= 0.3 is 0 Å². The van der Waals surface area contributed by atoms with Crippen LogP contribution in [-0.2, 0) is 9.47 Å². The van der Waals surface area contributed by atoms with Gasteiger partial charge in [-0.1, -0.05) is 23.2 Å². The van der Waals surface area contributed by atoms with Crippen LogP contribution in [0, 0.1) is 0 Å². The molecule has 0 saturated carbocycles. The molecule has 0 aliphatic rings. The number of carbonyl (C=O) groups is 1. The van der Waals surface area contributed by atoms with E-state index in [9.17, 15) is 4.79 Å². The number of ether oxygens (including phenoxy) is 2. The summed E-state index contributed by atoms with van der Waals surface area (Å²) < 4.78 is 10.1. The second-order valence-corrected chi connectivity index (χ2v) is 5.08. The van der Waals surface area contributed by atoms with Crippen LogP contribution in [-0.4, -0.2) is 55.8 Å². The lowest BCUT2D eigenvalue weighted by Gasteiger charge is -2.29. The molecule has 0 bridgehead atoms. The lowest BCUT2D eigenvalue weighted by atomic mass is 10.2. The molecule has 1 aromatic heterocycles. The monoisotopic (exact) mass is 320 g/mol. The SMILES string of the molecule is COCCN(C(=O)c1cc(Cl)ncc1Cl)C(C)COC. The van der Waals surface area contributed by atoms with Crippen molar-refractivity contribution in [2.45, 2.75) is 13.0 Å². The Morgan fingerprint density at radius 2 is 2.10 bits per heavy atom. The van der Waals surface area contributed by atoms with Crippen molar-refractivity contribution in [3.63, 3.8) is 0 Å². The molecule has 7 heteroatoms. The van der Waals surface area contributed by atoms with E-state index in [2.05, 4.69) is 4.98 Å². The van der Waals surface area contributed by atoms with Gasteiger partial charge < -0.3 is 14.4 Å². The zero-order valence-electron chi connectivity index (χ0n) is 11.7. The second-order valence-electron chi connectivity index (χ2n) is 4.28. The fraction of sp³-hybridized carbons (Fsp3) is 0.538. The van der Waals surface area contributed by atoms with E-state index in [-0.39, 0.29) is 22.1 Å². The zero-order chi connectivity index (χ0) is 15.1. The highest BCUT2D eigenvalue weighted by molar-refractivity contribution is 6.35. The van der Waals surface area contributed by atoms with Gasteiger partial charge in [0.1, 0.15) is 5.15 Å². The Morgan fingerprint density at radius 1 is 1.40 bits per heavy atom. The first-order chi connectivity index (χ1) is 9.51. The van der Waals surface area contributed by atoms with Gasteiger partial charge in [0.05, 0.1) is 29.8 Å². The summed E-state index contributed by atoms with van der Waals surface area (Å²) >= 11 is 11.8. The normalized spacial score (nSPS) is 12.2. The Morgan fingerprint density at radius 3 is 2.70 bits per heavy atom. The number of amides is 1. The zero-order valence-corrected chi connectivity index (χ0v) is 13.2. The number of nitrogens with zero attached hydrogens (tertiary/aromatic N) is 2. The lowest BCUT2D eigenvalue weighted by Crippen LogP contribution is -2.43. The smallest absolute Gasteiger partial charge is 0.255 e. The van der Waals surface area contributed by atoms with E-state index in [0.29, 0.717) is 25.3 Å². The van der Waals surface area contributed by atoms with Crippen molar-refractivity contribution >= 4 is 29.1 Å². The molecule has 20 heavy (non-hydrogen) atoms. The van der Waals surface area contributed by atoms with E-state index in [1.54, 1.807) is 19.1 Å². The first-order valence-electron chi connectivity index (χ1n) is 6.11. The van der Waals surface area contributed by atoms with Gasteiger partial charge in [-0.05, 0) is 13.0 Å². The van der Waals surface area contributed by atoms with Crippen LogP contribution < -0.4 is 0 Å². The molecule has 1 heterocycles. The first-order valence-corrected chi connectivity index (χ1v) is 6.86. The van der Waals surface area contributed by atoms with Crippen molar-refractivity contribution in [2.75, 3.05) is 34.0 Å². The number of rotatable bonds is 7. The molecule has 112 valence electrons. The minimum absolute atomic E-state index is 0.106. The maximum absolute atomic E-state index is 12.6. The Bertz CT molecular complexity index is 457. The van der Waals surface area contributed by atoms with E-state index in [1.165, 1.54) is 12.3 Å². The van der Waals surface area contributed by atoms with Crippen LogP contribution in [0.15, 0.2) is 12.3 Å². The number of methoxy groups -OCH3 is 2. The van der Waals surface area contributed by atoms with E-state index >= 15 is 0 Å². The molecule has 1 unspecified atom stereocenters. The summed E-state index contributed by atoms with van der Waals surface area (Å²) in [5, 5.41) is 0.496. The average Bonchev–Trinajstić information content (AvgIpc) is 2.42. The van der Waals surface area contributed by atoms with Gasteiger partial charge in [-0.15, -0.1) is 0 Å². The van der Waals surface area contributed by atoms with Gasteiger partial charge in [0, 0.05) is 27.0 Å². The molecule has 0 aliphatic carbocycles. The van der Waals surface area contributed by atoms with Gasteiger partial charge in [-0.3, -0.25) is 4.79 Å². The molecular weight excluding hydrogens is 303 g/mol. The fourth-order valence-electron chi connectivity index (χ4n) is 1.77. The summed E-state index contributed by atoms with van der Waals surface area (Å²) in [6.45, 7) is 3.19. The molecule has 1 rings (SSSR count). The van der Waals surface area contributed by atoms with Crippen molar-refractivity contribution in [1.82, 2.24) is 9.88 Å². The number of halogens is 2. The van der Waals surface area contributed by atoms with Crippen LogP contribution in [0.3, 0.4) is 0 Å². The van der Waals surface area contributed by atoms with Crippen molar-refractivity contribution in [1.29, 1.82) is 0 Å². The summed E-state index contributed by atoms with van der Waals surface area (Å²) in [5.74, 6) is -0.221. The predicted octanol–water partition coefficient (Wildman–Crippen LogP) is 2.51. The summed E-state index contributed by atoms with van der Waals surface area (Å²) in [6, 6.07) is 1.36. The van der Waals surface area contributed by atoms with E-state index in [4.69, 9.17) is 32.7 Å². The molecule has 1 amide bonds. The van der Waals surface area contributed by atoms with Crippen LogP contribution in [0.25, 0.3) is 0 Å². The molecule has 0 spiro atoms. The molecule has 0 aliphatic heterocycles. The standard InChI is InChI=1S/C13H18Cl2N2O3/c1-9(8-20-3)17(4-5-19-2)13(18)10-6-12(15)16-7-11(10)14/h6-7,9H,4-5,8H2,1-3H3. The topological polar surface area (TPSA) is 51.7 Å². The third-order valence-corrected chi connectivity index (χ3v) is 3.30. The van der Waals surface area contributed by atoms with Crippen LogP contribution in [0.5, 0.6) is 0 Å². The number of carbonyl (C=O) groups excluding carboxylic acids is 1. The van der Waals surface area contributed by atoms with Gasteiger partial charge in [0.2, 0.25) is 0 Å². The Balaban J connectivity index is 2.99. The maximum atomic E-state index is 12.6. The highest BCUT2D eigenvalue weighted by atomic mass is 35.5. The van der Waals surface area contributed by atoms with Crippen molar-refractivity contribution in [3.05, 3.63) is 28.0 Å². The Labute approximate surface area is 128 Å². The molecule has 1 atom stereocenters. The summed E-state index contributed by atoms with van der Waals surface area (Å²) in [7, 11) is 3.17. The minimum Gasteiger partial charge on any atom is -0.383 e. The van der Waals surface area contributed by atoms with Crippen LogP contribution >= 0.6 is 23.2 Å². The minimum atomic E-state index is -0.221. The molecular formula is C13H18Cl2N2O3. The van der Waals surface area contributed by atoms with E-state index < -0.39 is 0 Å². The molecule has 0 saturated heterocycles. The second kappa shape index (κ2) is 8.42. The first kappa shape index (κ1) is 17.2. The van der Waals surface area contributed by atoms with Crippen LogP contribution in [0.1, 0.15) is 17.3 Å². The molecule has 0 N–H and O–H groups in total. The number of aromatic nitrogens is 1. The van der Waals surface area contributed by atoms with Gasteiger partial charge in [0.15, 0.2) is 0 Å². The van der Waals surface area contributed by atoms with Gasteiger partial charge in [-0.2, -0.15) is 0 Å². The number of hydrogen-bond acceptors (Lipinski definition) is 4. The average molecular weight is 321 g/mol. The maximum Gasteiger partial charge on any atom is 0.255 e. The van der Waals surface area contributed by atoms with E-state index in [1.807, 2.05) is 6.92 Å². The molecule has 1 aromatic rings. The number of hydrogen-bond donors (Lipinski definition) is 0. The summed E-state index contributed by atoms with van der Waals surface area (Å²) in [4.78, 5) is 18.1. The predicted molar refractivity (Wildman–Crippen MR) is 78.5 cm³/mol. The molecule has 0 aromatic carbocycles. The highest BCUT2D eigenvalue weighted by Crippen LogP contribution is 2.21. The van der Waals surface area contributed by atoms with Gasteiger partial charge in [-0.25, -0.2) is 4.98 Å². The molecule has 0 radical (unpaired) electrons. The molecule has 0 fully saturated rings. The quantitative estimate of drug-likeness (QED) is 0.724. The van der Waals surface area contributed by atoms with Crippen molar-refractivity contribution in [3.8, 4) is 0 Å². The Kier molecular flexibility index (Phi) is 7.23. The van der Waals surface area contributed by atoms with E-state index in [0.717, 1.165) is 0 Å². The molecule has 5 nitrogen and oxygen atoms in total. The van der Waals surface area contributed by atoms with Gasteiger partial charge in [0.25, 0.3) is 5.91 Å². The largest absolute Gasteiger partial charge is 0.383 e. The lowest BCUT2D eigenvalue weighted by molar-refractivity contribution is 0.0479. The fourth-order valence-corrected chi connectivity index (χ4v) is 2.12. The van der Waals surface area contributed by atoms with Crippen molar-refractivity contribution in [2.24, 2.45) is 0 Å². The third kappa shape index (κ3) is 4.59. The van der Waals surface area contributed by atoms with Crippen LogP contribution in [0.4, 0.5) is 0 Å². The van der Waals surface area contributed by atoms with Crippen LogP contribution in [0.2, 0.25) is 10.2 Å².